The van der Waals surface area contributed by atoms with Crippen LogP contribution in [0.2, 0.25) is 5.02 Å². The molecule has 0 spiro atoms. The van der Waals surface area contributed by atoms with E-state index in [1.165, 1.54) is 30.3 Å². The number of anilines is 4. The summed E-state index contributed by atoms with van der Waals surface area (Å²) in [6.07, 6.45) is -8.52. The van der Waals surface area contributed by atoms with E-state index in [1.54, 1.807) is 12.1 Å². The van der Waals surface area contributed by atoms with Crippen LogP contribution in [-0.4, -0.2) is 77.5 Å². The molecule has 0 unspecified atom stereocenters. The first-order valence-corrected chi connectivity index (χ1v) is 17.0. The first-order valence-electron chi connectivity index (χ1n) is 16.6. The van der Waals surface area contributed by atoms with Crippen molar-refractivity contribution < 1.29 is 59.7 Å². The lowest BCUT2D eigenvalue weighted by molar-refractivity contribution is -0.274. The maximum Gasteiger partial charge on any atom is 0.573 e. The van der Waals surface area contributed by atoms with Gasteiger partial charge >= 0.3 is 36.3 Å². The van der Waals surface area contributed by atoms with Gasteiger partial charge in [0.15, 0.2) is 6.61 Å². The van der Waals surface area contributed by atoms with Gasteiger partial charge in [0, 0.05) is 34.6 Å². The number of hydrogen-bond donors (Lipinski definition) is 5. The zero-order valence-corrected chi connectivity index (χ0v) is 30.1. The molecule has 1 saturated carbocycles. The van der Waals surface area contributed by atoms with Gasteiger partial charge in [0.25, 0.3) is 5.91 Å². The molecular formula is C35H31ClF6N8O7. The maximum absolute atomic E-state index is 13.1. The predicted octanol–water partition coefficient (Wildman–Crippen LogP) is 5.63. The summed E-state index contributed by atoms with van der Waals surface area (Å²) < 4.78 is 89.7. The van der Waals surface area contributed by atoms with Gasteiger partial charge in [-0.1, -0.05) is 29.8 Å². The Morgan fingerprint density at radius 1 is 0.860 bits per heavy atom. The summed E-state index contributed by atoms with van der Waals surface area (Å²) in [5.74, 6) is -4.92. The number of rotatable bonds is 15. The van der Waals surface area contributed by atoms with E-state index in [0.717, 1.165) is 30.9 Å². The number of carbonyl (C=O) groups is 4. The van der Waals surface area contributed by atoms with Crippen molar-refractivity contribution in [2.75, 3.05) is 36.2 Å². The van der Waals surface area contributed by atoms with Crippen LogP contribution >= 0.6 is 11.6 Å². The second kappa shape index (κ2) is 17.6. The third-order valence-electron chi connectivity index (χ3n) is 7.92. The fourth-order valence-corrected chi connectivity index (χ4v) is 5.23. The van der Waals surface area contributed by atoms with Crippen molar-refractivity contribution in [3.8, 4) is 11.8 Å². The number of hydrogen-bond acceptors (Lipinski definition) is 12. The van der Waals surface area contributed by atoms with Crippen molar-refractivity contribution in [1.29, 1.82) is 0 Å². The number of benzene rings is 3. The van der Waals surface area contributed by atoms with E-state index in [-0.39, 0.29) is 36.1 Å². The lowest BCUT2D eigenvalue weighted by Gasteiger charge is -2.19. The number of carbonyl (C=O) groups excluding carboxylic acids is 4. The SMILES string of the molecule is COC(=O)[C@@H](CCNC(=O)C(=O)Nc1cccc(OC(F)(F)F)c1)NC(=O)c1ccc(Nc2nc(NC3(c4ccc(Cl)cc4)CC3)nc(OCC(F)(F)F)n2)cc1. The van der Waals surface area contributed by atoms with Crippen molar-refractivity contribution in [2.45, 2.75) is 43.4 Å². The molecule has 1 aliphatic rings. The summed E-state index contributed by atoms with van der Waals surface area (Å²) in [4.78, 5) is 62.3. The van der Waals surface area contributed by atoms with Crippen LogP contribution in [0.5, 0.6) is 11.8 Å². The highest BCUT2D eigenvalue weighted by atomic mass is 35.5. The van der Waals surface area contributed by atoms with Crippen molar-refractivity contribution >= 4 is 58.6 Å². The van der Waals surface area contributed by atoms with E-state index < -0.39 is 66.2 Å². The zero-order chi connectivity index (χ0) is 41.4. The average molecular weight is 825 g/mol. The van der Waals surface area contributed by atoms with Gasteiger partial charge in [-0.05, 0) is 73.4 Å². The average Bonchev–Trinajstić information content (AvgIpc) is 3.93. The number of nitrogens with one attached hydrogen (secondary N) is 5. The van der Waals surface area contributed by atoms with Crippen molar-refractivity contribution in [1.82, 2.24) is 25.6 Å². The highest BCUT2D eigenvalue weighted by Crippen LogP contribution is 2.48. The first kappa shape index (κ1) is 41.8. The minimum absolute atomic E-state index is 0.0560. The van der Waals surface area contributed by atoms with Crippen LogP contribution < -0.4 is 36.1 Å². The van der Waals surface area contributed by atoms with Gasteiger partial charge < -0.3 is 40.8 Å². The van der Waals surface area contributed by atoms with Crippen LogP contribution in [0.15, 0.2) is 72.8 Å². The normalized spacial score (nSPS) is 13.7. The molecule has 57 heavy (non-hydrogen) atoms. The molecule has 0 aliphatic heterocycles. The number of amides is 3. The van der Waals surface area contributed by atoms with Crippen LogP contribution in [-0.2, 0) is 24.7 Å². The summed E-state index contributed by atoms with van der Waals surface area (Å²) >= 11 is 6.01. The van der Waals surface area contributed by atoms with E-state index in [9.17, 15) is 45.5 Å². The second-order valence-electron chi connectivity index (χ2n) is 12.2. The Morgan fingerprint density at radius 3 is 2.18 bits per heavy atom. The standard InChI is InChI=1S/C35H31ClF6N8O7/c1-55-29(54)25(13-16-43-27(52)28(53)44-23-3-2-4-24(17-23)57-35(40,41)42)46-26(51)19-5-11-22(12-6-19)45-30-47-31(49-32(48-30)56-18-34(37,38)39)50-33(14-15-33)20-7-9-21(36)10-8-20/h2-12,17,25H,13-16,18H2,1H3,(H,43,52)(H,44,53)(H,46,51)(H2,45,47,48,49,50)/t25-/m1/s1. The number of ether oxygens (including phenoxy) is 3. The molecule has 0 radical (unpaired) electrons. The van der Waals surface area contributed by atoms with E-state index in [0.29, 0.717) is 23.6 Å². The van der Waals surface area contributed by atoms with Crippen LogP contribution in [0.3, 0.4) is 0 Å². The maximum atomic E-state index is 13.1. The first-order chi connectivity index (χ1) is 26.9. The lowest BCUT2D eigenvalue weighted by atomic mass is 10.1. The Balaban J connectivity index is 1.19. The van der Waals surface area contributed by atoms with Gasteiger partial charge in [-0.25, -0.2) is 4.79 Å². The molecule has 5 rings (SSSR count). The summed E-state index contributed by atoms with van der Waals surface area (Å²) in [5, 5.41) is 13.3. The molecule has 1 aromatic heterocycles. The highest BCUT2D eigenvalue weighted by molar-refractivity contribution is 6.39. The molecule has 1 atom stereocenters. The number of halogens is 7. The van der Waals surface area contributed by atoms with Gasteiger partial charge in [-0.15, -0.1) is 13.2 Å². The van der Waals surface area contributed by atoms with Gasteiger partial charge in [0.05, 0.1) is 12.6 Å². The smallest absolute Gasteiger partial charge is 0.467 e. The summed E-state index contributed by atoms with van der Waals surface area (Å²) in [7, 11) is 1.06. The van der Waals surface area contributed by atoms with Gasteiger partial charge in [-0.3, -0.25) is 14.4 Å². The number of aromatic nitrogens is 3. The molecule has 3 amide bonds. The minimum Gasteiger partial charge on any atom is -0.467 e. The molecule has 0 saturated heterocycles. The largest absolute Gasteiger partial charge is 0.573 e. The summed E-state index contributed by atoms with van der Waals surface area (Å²) in [6, 6.07) is 14.9. The van der Waals surface area contributed by atoms with Gasteiger partial charge in [0.2, 0.25) is 11.9 Å². The molecule has 4 aromatic rings. The summed E-state index contributed by atoms with van der Waals surface area (Å²) in [5.41, 5.74) is 0.469. The highest BCUT2D eigenvalue weighted by Gasteiger charge is 2.45. The Bertz CT molecular complexity index is 2090. The Labute approximate surface area is 323 Å². The molecule has 1 heterocycles. The number of nitrogens with zero attached hydrogens (tertiary/aromatic N) is 3. The predicted molar refractivity (Wildman–Crippen MR) is 190 cm³/mol. The van der Waals surface area contributed by atoms with Crippen molar-refractivity contribution in [3.63, 3.8) is 0 Å². The van der Waals surface area contributed by atoms with E-state index in [1.807, 2.05) is 12.1 Å². The second-order valence-corrected chi connectivity index (χ2v) is 12.6. The molecule has 302 valence electrons. The molecule has 3 aromatic carbocycles. The fraction of sp³-hybridized carbons (Fsp3) is 0.286. The van der Waals surface area contributed by atoms with Gasteiger partial charge in [0.1, 0.15) is 11.8 Å². The number of methoxy groups -OCH3 is 1. The quantitative estimate of drug-likeness (QED) is 0.0565. The van der Waals surface area contributed by atoms with Crippen LogP contribution in [0.1, 0.15) is 35.2 Å². The zero-order valence-electron chi connectivity index (χ0n) is 29.4. The number of alkyl halides is 6. The van der Waals surface area contributed by atoms with Crippen LogP contribution in [0.4, 0.5) is 49.6 Å². The fourth-order valence-electron chi connectivity index (χ4n) is 5.11. The third kappa shape index (κ3) is 12.6. The minimum atomic E-state index is -4.97. The molecule has 5 N–H and O–H groups in total. The molecular weight excluding hydrogens is 794 g/mol. The Kier molecular flexibility index (Phi) is 12.9. The molecule has 22 heteroatoms. The Morgan fingerprint density at radius 2 is 1.54 bits per heavy atom. The van der Waals surface area contributed by atoms with E-state index in [4.69, 9.17) is 21.1 Å². The molecule has 1 fully saturated rings. The monoisotopic (exact) mass is 824 g/mol. The van der Waals surface area contributed by atoms with Gasteiger partial charge in [-0.2, -0.15) is 28.1 Å². The van der Waals surface area contributed by atoms with E-state index >= 15 is 0 Å². The molecule has 1 aliphatic carbocycles. The molecule has 15 nitrogen and oxygen atoms in total. The van der Waals surface area contributed by atoms with E-state index in [2.05, 4.69) is 46.3 Å². The number of esters is 1. The van der Waals surface area contributed by atoms with Crippen molar-refractivity contribution in [2.24, 2.45) is 0 Å². The molecule has 0 bridgehead atoms. The lowest BCUT2D eigenvalue weighted by Crippen LogP contribution is -2.44. The Hall–Kier alpha value is -6.38. The van der Waals surface area contributed by atoms with Crippen LogP contribution in [0.25, 0.3) is 0 Å². The third-order valence-corrected chi connectivity index (χ3v) is 8.17. The summed E-state index contributed by atoms with van der Waals surface area (Å²) in [6.45, 7) is -1.97. The van der Waals surface area contributed by atoms with Crippen LogP contribution in [0, 0.1) is 0 Å². The topological polar surface area (TPSA) is 195 Å². The van der Waals surface area contributed by atoms with Crippen molar-refractivity contribution in [3.05, 3.63) is 88.9 Å².